The fraction of sp³-hybridized carbons (Fsp3) is 0.235. The zero-order valence-corrected chi connectivity index (χ0v) is 17.6. The Hall–Kier alpha value is -2.09. The van der Waals surface area contributed by atoms with E-state index in [1.54, 1.807) is 6.21 Å². The molecular weight excluding hydrogens is 499 g/mol. The van der Waals surface area contributed by atoms with E-state index < -0.39 is 14.9 Å². The minimum absolute atomic E-state index is 0.166. The smallest absolute Gasteiger partial charge is 0.270 e. The highest BCUT2D eigenvalue weighted by molar-refractivity contribution is 14.1. The van der Waals surface area contributed by atoms with Crippen molar-refractivity contribution in [1.82, 2.24) is 4.31 Å². The first-order chi connectivity index (χ1) is 13.4. The Morgan fingerprint density at radius 3 is 2.50 bits per heavy atom. The Kier molecular flexibility index (Phi) is 6.59. The number of ether oxygens (including phenoxy) is 1. The molecule has 2 aromatic rings. The summed E-state index contributed by atoms with van der Waals surface area (Å²) < 4.78 is 33.5. The first-order valence-electron chi connectivity index (χ1n) is 8.29. The van der Waals surface area contributed by atoms with E-state index in [0.29, 0.717) is 0 Å². The van der Waals surface area contributed by atoms with Crippen LogP contribution in [0.2, 0.25) is 0 Å². The molecule has 28 heavy (non-hydrogen) atoms. The molecule has 0 amide bonds. The third kappa shape index (κ3) is 4.84. The Balaban J connectivity index is 1.91. The van der Waals surface area contributed by atoms with Crippen LogP contribution >= 0.6 is 22.6 Å². The summed E-state index contributed by atoms with van der Waals surface area (Å²) in [5, 5.41) is 15.2. The Bertz CT molecular complexity index is 989. The number of morpholine rings is 1. The largest absolute Gasteiger partial charge is 0.379 e. The number of rotatable bonds is 6. The van der Waals surface area contributed by atoms with Crippen LogP contribution in [0.5, 0.6) is 0 Å². The van der Waals surface area contributed by atoms with E-state index >= 15 is 0 Å². The van der Waals surface area contributed by atoms with Crippen molar-refractivity contribution in [2.24, 2.45) is 5.10 Å². The van der Waals surface area contributed by atoms with Crippen molar-refractivity contribution in [3.8, 4) is 0 Å². The summed E-state index contributed by atoms with van der Waals surface area (Å²) in [7, 11) is -3.94. The average Bonchev–Trinajstić information content (AvgIpc) is 2.70. The number of nitrogens with zero attached hydrogens (tertiary/aromatic N) is 3. The lowest BCUT2D eigenvalue weighted by Crippen LogP contribution is -2.40. The minimum Gasteiger partial charge on any atom is -0.379 e. The van der Waals surface area contributed by atoms with Crippen LogP contribution in [0.3, 0.4) is 0 Å². The van der Waals surface area contributed by atoms with E-state index in [9.17, 15) is 18.5 Å². The number of hydrogen-bond acceptors (Lipinski definition) is 7. The molecule has 9 nitrogen and oxygen atoms in total. The average molecular weight is 516 g/mol. The van der Waals surface area contributed by atoms with Gasteiger partial charge in [-0.2, -0.15) is 9.41 Å². The topological polar surface area (TPSA) is 114 Å². The maximum atomic E-state index is 13.0. The number of sulfonamides is 1. The highest BCUT2D eigenvalue weighted by Crippen LogP contribution is 2.29. The maximum Gasteiger partial charge on any atom is 0.270 e. The predicted molar refractivity (Wildman–Crippen MR) is 113 cm³/mol. The van der Waals surface area contributed by atoms with Gasteiger partial charge in [0.15, 0.2) is 0 Å². The summed E-state index contributed by atoms with van der Waals surface area (Å²) in [5.74, 6) is 0. The van der Waals surface area contributed by atoms with Crippen LogP contribution in [0.25, 0.3) is 0 Å². The molecule has 3 rings (SSSR count). The van der Waals surface area contributed by atoms with Gasteiger partial charge < -0.3 is 4.74 Å². The number of nitrogens with one attached hydrogen (secondary N) is 1. The fourth-order valence-corrected chi connectivity index (χ4v) is 4.51. The van der Waals surface area contributed by atoms with Gasteiger partial charge in [-0.3, -0.25) is 15.5 Å². The second-order valence-electron chi connectivity index (χ2n) is 5.88. The molecule has 0 atom stereocenters. The van der Waals surface area contributed by atoms with Crippen LogP contribution in [0.1, 0.15) is 5.56 Å². The molecule has 1 N–H and O–H groups in total. The molecule has 1 saturated heterocycles. The third-order valence-electron chi connectivity index (χ3n) is 4.03. The first kappa shape index (κ1) is 20.6. The van der Waals surface area contributed by atoms with E-state index in [2.05, 4.69) is 33.1 Å². The SMILES string of the molecule is O=[N+]([O-])c1ccc(N/N=C\c2ccc(I)cc2)c(S(=O)(=O)N2CCOCC2)c1. The van der Waals surface area contributed by atoms with E-state index in [4.69, 9.17) is 4.74 Å². The Morgan fingerprint density at radius 2 is 1.86 bits per heavy atom. The summed E-state index contributed by atoms with van der Waals surface area (Å²) in [6.07, 6.45) is 1.54. The molecule has 0 aliphatic carbocycles. The quantitative estimate of drug-likeness (QED) is 0.273. The van der Waals surface area contributed by atoms with Gasteiger partial charge in [-0.25, -0.2) is 8.42 Å². The van der Waals surface area contributed by atoms with Crippen LogP contribution < -0.4 is 5.43 Å². The highest BCUT2D eigenvalue weighted by atomic mass is 127. The van der Waals surface area contributed by atoms with Crippen molar-refractivity contribution < 1.29 is 18.1 Å². The molecule has 1 aliphatic rings. The number of hydrogen-bond donors (Lipinski definition) is 1. The van der Waals surface area contributed by atoms with Gasteiger partial charge in [-0.05, 0) is 46.4 Å². The number of non-ortho nitro benzene ring substituents is 1. The third-order valence-corrected chi connectivity index (χ3v) is 6.69. The summed E-state index contributed by atoms with van der Waals surface area (Å²) in [6, 6.07) is 11.2. The lowest BCUT2D eigenvalue weighted by Gasteiger charge is -2.26. The number of halogens is 1. The normalized spacial score (nSPS) is 15.6. The number of benzene rings is 2. The molecule has 1 heterocycles. The van der Waals surface area contributed by atoms with Crippen molar-refractivity contribution in [2.75, 3.05) is 31.7 Å². The van der Waals surface area contributed by atoms with Crippen molar-refractivity contribution in [1.29, 1.82) is 0 Å². The van der Waals surface area contributed by atoms with Gasteiger partial charge in [0.2, 0.25) is 10.0 Å². The summed E-state index contributed by atoms with van der Waals surface area (Å²) in [5.41, 5.74) is 3.38. The van der Waals surface area contributed by atoms with Crippen LogP contribution in [0.4, 0.5) is 11.4 Å². The van der Waals surface area contributed by atoms with E-state index in [1.165, 1.54) is 16.4 Å². The van der Waals surface area contributed by atoms with Gasteiger partial charge >= 0.3 is 0 Å². The standard InChI is InChI=1S/C17H17IN4O5S/c18-14-3-1-13(2-4-14)12-19-20-16-6-5-15(22(23)24)11-17(16)28(25,26)21-7-9-27-10-8-21/h1-6,11-12,20H,7-10H2/b19-12-. The minimum atomic E-state index is -3.94. The lowest BCUT2D eigenvalue weighted by molar-refractivity contribution is -0.385. The molecule has 0 radical (unpaired) electrons. The predicted octanol–water partition coefficient (Wildman–Crippen LogP) is 2.67. The lowest BCUT2D eigenvalue weighted by atomic mass is 10.2. The van der Waals surface area contributed by atoms with Gasteiger partial charge in [0, 0.05) is 28.8 Å². The molecule has 0 aromatic heterocycles. The number of hydrazone groups is 1. The molecule has 148 valence electrons. The first-order valence-corrected chi connectivity index (χ1v) is 10.8. The van der Waals surface area contributed by atoms with Crippen molar-refractivity contribution in [3.63, 3.8) is 0 Å². The van der Waals surface area contributed by atoms with Gasteiger partial charge in [-0.1, -0.05) is 12.1 Å². The summed E-state index contributed by atoms with van der Waals surface area (Å²) >= 11 is 2.19. The molecule has 0 saturated carbocycles. The zero-order chi connectivity index (χ0) is 20.1. The Morgan fingerprint density at radius 1 is 1.18 bits per heavy atom. The van der Waals surface area contributed by atoms with Crippen LogP contribution in [0.15, 0.2) is 52.5 Å². The molecule has 0 unspecified atom stereocenters. The van der Waals surface area contributed by atoms with Crippen LogP contribution in [-0.4, -0.2) is 50.2 Å². The van der Waals surface area contributed by atoms with E-state index in [1.807, 2.05) is 24.3 Å². The molecular formula is C17H17IN4O5S. The van der Waals surface area contributed by atoms with Crippen molar-refractivity contribution >= 4 is 50.2 Å². The molecule has 1 fully saturated rings. The molecule has 0 spiro atoms. The molecule has 0 bridgehead atoms. The van der Waals surface area contributed by atoms with Crippen molar-refractivity contribution in [3.05, 3.63) is 61.7 Å². The number of nitro benzene ring substituents is 1. The second-order valence-corrected chi connectivity index (χ2v) is 9.03. The number of anilines is 1. The summed E-state index contributed by atoms with van der Waals surface area (Å²) in [6.45, 7) is 0.941. The Labute approximate surface area is 175 Å². The second kappa shape index (κ2) is 8.94. The molecule has 2 aromatic carbocycles. The zero-order valence-electron chi connectivity index (χ0n) is 14.6. The van der Waals surface area contributed by atoms with Crippen LogP contribution in [-0.2, 0) is 14.8 Å². The van der Waals surface area contributed by atoms with Gasteiger partial charge in [0.25, 0.3) is 5.69 Å². The van der Waals surface area contributed by atoms with E-state index in [0.717, 1.165) is 15.2 Å². The number of nitro groups is 1. The van der Waals surface area contributed by atoms with Gasteiger partial charge in [0.1, 0.15) is 4.90 Å². The molecule has 1 aliphatic heterocycles. The van der Waals surface area contributed by atoms with Gasteiger partial charge in [0.05, 0.1) is 30.0 Å². The van der Waals surface area contributed by atoms with Gasteiger partial charge in [-0.15, -0.1) is 0 Å². The van der Waals surface area contributed by atoms with E-state index in [-0.39, 0.29) is 42.6 Å². The fourth-order valence-electron chi connectivity index (χ4n) is 2.58. The summed E-state index contributed by atoms with van der Waals surface area (Å²) in [4.78, 5) is 10.3. The van der Waals surface area contributed by atoms with Crippen LogP contribution in [0, 0.1) is 13.7 Å². The maximum absolute atomic E-state index is 13.0. The highest BCUT2D eigenvalue weighted by Gasteiger charge is 2.30. The molecule has 11 heteroatoms. The van der Waals surface area contributed by atoms with Crippen molar-refractivity contribution in [2.45, 2.75) is 4.90 Å². The monoisotopic (exact) mass is 516 g/mol.